The molecule has 0 spiro atoms. The molecule has 0 bridgehead atoms. The molecule has 0 unspecified atom stereocenters. The number of ether oxygens (including phenoxy) is 1. The molecule has 1 aromatic carbocycles. The summed E-state index contributed by atoms with van der Waals surface area (Å²) >= 11 is 0. The van der Waals surface area contributed by atoms with Gasteiger partial charge < -0.3 is 30.2 Å². The minimum atomic E-state index is -0.405. The minimum absolute atomic E-state index is 0.0201. The summed E-state index contributed by atoms with van der Waals surface area (Å²) in [6.07, 6.45) is 6.50. The second-order valence-electron chi connectivity index (χ2n) is 10.6. The fraction of sp³-hybridized carbons (Fsp3) is 0.273. The topological polar surface area (TPSA) is 160 Å². The molecule has 4 aromatic rings. The van der Waals surface area contributed by atoms with Gasteiger partial charge in [-0.15, -0.1) is 10.2 Å². The first kappa shape index (κ1) is 33.1. The molecule has 1 aliphatic rings. The lowest BCUT2D eigenvalue weighted by molar-refractivity contribution is -0.117. The van der Waals surface area contributed by atoms with Crippen molar-refractivity contribution in [1.29, 1.82) is 0 Å². The number of anilines is 3. The third-order valence-electron chi connectivity index (χ3n) is 7.04. The third-order valence-corrected chi connectivity index (χ3v) is 7.04. The van der Waals surface area contributed by atoms with Crippen LogP contribution in [0.15, 0.2) is 71.9 Å². The summed E-state index contributed by atoms with van der Waals surface area (Å²) in [5, 5.41) is 16.6. The Bertz CT molecular complexity index is 1810. The monoisotopic (exact) mass is 624 g/mol. The molecule has 238 valence electrons. The van der Waals surface area contributed by atoms with E-state index in [4.69, 9.17) is 4.74 Å². The maximum Gasteiger partial charge on any atom is 0.273 e. The number of pyridine rings is 2. The van der Waals surface area contributed by atoms with E-state index >= 15 is 0 Å². The van der Waals surface area contributed by atoms with Crippen molar-refractivity contribution in [2.75, 3.05) is 31.8 Å². The molecule has 0 atom stereocenters. The van der Waals surface area contributed by atoms with Crippen molar-refractivity contribution in [2.24, 2.45) is 13.0 Å². The maximum absolute atomic E-state index is 12.4. The Morgan fingerprint density at radius 3 is 2.57 bits per heavy atom. The Hall–Kier alpha value is -5.81. The molecule has 3 aromatic heterocycles. The molecule has 13 nitrogen and oxygen atoms in total. The highest BCUT2D eigenvalue weighted by Crippen LogP contribution is 2.38. The highest BCUT2D eigenvalue weighted by atomic mass is 16.5. The van der Waals surface area contributed by atoms with Crippen molar-refractivity contribution >= 4 is 34.9 Å². The van der Waals surface area contributed by atoms with Crippen LogP contribution in [-0.4, -0.2) is 63.6 Å². The number of nitrogens with zero attached hydrogens (tertiary/aromatic N) is 5. The lowest BCUT2D eigenvalue weighted by Gasteiger charge is -2.17. The van der Waals surface area contributed by atoms with Gasteiger partial charge in [-0.2, -0.15) is 0 Å². The van der Waals surface area contributed by atoms with Crippen molar-refractivity contribution in [1.82, 2.24) is 30.0 Å². The fourth-order valence-electron chi connectivity index (χ4n) is 4.44. The van der Waals surface area contributed by atoms with E-state index < -0.39 is 5.91 Å². The van der Waals surface area contributed by atoms with Crippen LogP contribution in [0.4, 0.5) is 17.2 Å². The van der Waals surface area contributed by atoms with Crippen LogP contribution in [0.1, 0.15) is 34.6 Å². The molecule has 2 amide bonds. The normalized spacial score (nSPS) is 11.7. The molecule has 13 heteroatoms. The SMILES string of the molecule is CN(C=C=O)Cc1cccn(C)c1=O.CNC(=O)c1nnc(NC(=O)C2CC2)cc1Nc1cccc(-c2ccc(C)nc2)c1OC. The molecule has 0 aliphatic heterocycles. The summed E-state index contributed by atoms with van der Waals surface area (Å²) in [4.78, 5) is 52.1. The van der Waals surface area contributed by atoms with Gasteiger partial charge in [-0.25, -0.2) is 4.79 Å². The van der Waals surface area contributed by atoms with Crippen molar-refractivity contribution < 1.29 is 19.1 Å². The predicted octanol–water partition coefficient (Wildman–Crippen LogP) is 3.47. The molecule has 3 N–H and O–H groups in total. The number of aryl methyl sites for hydroxylation is 2. The number of carbonyl (C=O) groups is 2. The molecule has 1 saturated carbocycles. The zero-order valence-electron chi connectivity index (χ0n) is 26.3. The summed E-state index contributed by atoms with van der Waals surface area (Å²) in [5.41, 5.74) is 4.39. The van der Waals surface area contributed by atoms with E-state index in [-0.39, 0.29) is 28.9 Å². The molecule has 1 aliphatic carbocycles. The zero-order chi connectivity index (χ0) is 33.2. The highest BCUT2D eigenvalue weighted by Gasteiger charge is 2.30. The highest BCUT2D eigenvalue weighted by molar-refractivity contribution is 6.00. The van der Waals surface area contributed by atoms with Gasteiger partial charge in [-0.05, 0) is 38.0 Å². The van der Waals surface area contributed by atoms with Crippen molar-refractivity contribution in [3.8, 4) is 16.9 Å². The number of para-hydroxylation sites is 1. The molecule has 5 rings (SSSR count). The predicted molar refractivity (Wildman–Crippen MR) is 174 cm³/mol. The molecule has 46 heavy (non-hydrogen) atoms. The van der Waals surface area contributed by atoms with Gasteiger partial charge >= 0.3 is 0 Å². The molecule has 0 radical (unpaired) electrons. The van der Waals surface area contributed by atoms with E-state index in [2.05, 4.69) is 31.1 Å². The Morgan fingerprint density at radius 2 is 1.91 bits per heavy atom. The fourth-order valence-corrected chi connectivity index (χ4v) is 4.44. The average molecular weight is 625 g/mol. The van der Waals surface area contributed by atoms with E-state index in [0.29, 0.717) is 29.2 Å². The van der Waals surface area contributed by atoms with E-state index in [1.165, 1.54) is 17.8 Å². The zero-order valence-corrected chi connectivity index (χ0v) is 26.3. The number of hydrogen-bond donors (Lipinski definition) is 3. The van der Waals surface area contributed by atoms with Crippen molar-refractivity contribution in [2.45, 2.75) is 26.3 Å². The second kappa shape index (κ2) is 15.3. The van der Waals surface area contributed by atoms with Gasteiger partial charge in [-0.1, -0.05) is 24.3 Å². The van der Waals surface area contributed by atoms with Crippen LogP contribution in [0.25, 0.3) is 11.1 Å². The average Bonchev–Trinajstić information content (AvgIpc) is 3.90. The quantitative estimate of drug-likeness (QED) is 0.223. The van der Waals surface area contributed by atoms with Crippen LogP contribution >= 0.6 is 0 Å². The summed E-state index contributed by atoms with van der Waals surface area (Å²) < 4.78 is 7.21. The first-order valence-corrected chi connectivity index (χ1v) is 14.5. The van der Waals surface area contributed by atoms with Crippen LogP contribution in [0, 0.1) is 12.8 Å². The lowest BCUT2D eigenvalue weighted by Crippen LogP contribution is -2.24. The second-order valence-corrected chi connectivity index (χ2v) is 10.6. The number of carbonyl (C=O) groups excluding carboxylic acids is 3. The Balaban J connectivity index is 0.000000288. The summed E-state index contributed by atoms with van der Waals surface area (Å²) in [6.45, 7) is 2.35. The van der Waals surface area contributed by atoms with Crippen LogP contribution in [0.2, 0.25) is 0 Å². The first-order valence-electron chi connectivity index (χ1n) is 14.5. The number of rotatable bonds is 10. The first-order chi connectivity index (χ1) is 22.1. The van der Waals surface area contributed by atoms with Crippen LogP contribution in [0.3, 0.4) is 0 Å². The smallest absolute Gasteiger partial charge is 0.273 e. The van der Waals surface area contributed by atoms with E-state index in [1.807, 2.05) is 37.3 Å². The Morgan fingerprint density at radius 1 is 1.13 bits per heavy atom. The number of benzene rings is 1. The Kier molecular flexibility index (Phi) is 11.0. The van der Waals surface area contributed by atoms with Gasteiger partial charge in [0.15, 0.2) is 11.5 Å². The van der Waals surface area contributed by atoms with E-state index in [9.17, 15) is 19.2 Å². The van der Waals surface area contributed by atoms with Gasteiger partial charge in [0, 0.05) is 74.5 Å². The maximum atomic E-state index is 12.4. The number of aromatic nitrogens is 4. The van der Waals surface area contributed by atoms with Crippen LogP contribution < -0.4 is 26.2 Å². The van der Waals surface area contributed by atoms with Gasteiger partial charge in [0.1, 0.15) is 11.7 Å². The number of methoxy groups -OCH3 is 1. The summed E-state index contributed by atoms with van der Waals surface area (Å²) in [6, 6.07) is 14.7. The number of nitrogens with one attached hydrogen (secondary N) is 3. The molecular weight excluding hydrogens is 588 g/mol. The van der Waals surface area contributed by atoms with Crippen LogP contribution in [-0.2, 0) is 23.2 Å². The Labute approximate surface area is 266 Å². The van der Waals surface area contributed by atoms with E-state index in [0.717, 1.165) is 29.7 Å². The molecule has 3 heterocycles. The van der Waals surface area contributed by atoms with Crippen molar-refractivity contribution in [3.05, 3.63) is 94.4 Å². The summed E-state index contributed by atoms with van der Waals surface area (Å²) in [7, 11) is 6.51. The van der Waals surface area contributed by atoms with Gasteiger partial charge in [0.2, 0.25) is 5.91 Å². The van der Waals surface area contributed by atoms with Gasteiger partial charge in [-0.3, -0.25) is 19.4 Å². The lowest BCUT2D eigenvalue weighted by atomic mass is 10.0. The largest absolute Gasteiger partial charge is 0.494 e. The number of hydrogen-bond acceptors (Lipinski definition) is 10. The van der Waals surface area contributed by atoms with Crippen molar-refractivity contribution in [3.63, 3.8) is 0 Å². The molecule has 0 saturated heterocycles. The molecular formula is C33H36N8O5. The van der Waals surface area contributed by atoms with E-state index in [1.54, 1.807) is 62.6 Å². The minimum Gasteiger partial charge on any atom is -0.494 e. The van der Waals surface area contributed by atoms with Gasteiger partial charge in [0.05, 0.1) is 24.7 Å². The number of amides is 2. The standard InChI is InChI=1S/C23H24N6O3.C10H12N2O2/c1-13-7-8-15(12-25-13)16-5-4-6-17(21(16)32-3)26-18-11-19(27-22(30)14-9-10-14)28-29-20(18)23(31)24-2;1-11(6-7-13)8-9-4-3-5-12(2)10(9)14/h4-8,11-12,14H,9-10H2,1-3H3,(H,24,31)(H2,26,27,28,30);3-6H,8H2,1-2H3. The molecule has 1 fully saturated rings. The van der Waals surface area contributed by atoms with Crippen LogP contribution in [0.5, 0.6) is 5.75 Å². The third kappa shape index (κ3) is 8.42. The van der Waals surface area contributed by atoms with Gasteiger partial charge in [0.25, 0.3) is 11.5 Å². The summed E-state index contributed by atoms with van der Waals surface area (Å²) in [5.74, 6) is 2.04.